The van der Waals surface area contributed by atoms with Crippen molar-refractivity contribution in [2.45, 2.75) is 83.6 Å². The maximum atomic E-state index is 9.64. The Kier molecular flexibility index (Phi) is 6.41. The largest absolute Gasteiger partial charge is 0.390 e. The van der Waals surface area contributed by atoms with Gasteiger partial charge in [-0.15, -0.1) is 0 Å². The maximum absolute atomic E-state index is 9.64. The predicted octanol–water partition coefficient (Wildman–Crippen LogP) is 1.83. The lowest BCUT2D eigenvalue weighted by Gasteiger charge is -2.36. The lowest BCUT2D eigenvalue weighted by molar-refractivity contribution is -0.258. The second-order valence-electron chi connectivity index (χ2n) is 5.01. The standard InChI is InChI=1S/C13H26O4/c1-4-5-6-7-9(2)16-12-8-11(14)13(15)10(3)17-12/h9-15H,4-8H2,1-3H3/t9?,10-,11-,12-,13-/m0/s1. The number of hydrogen-bond donors (Lipinski definition) is 2. The molecule has 5 atom stereocenters. The highest BCUT2D eigenvalue weighted by atomic mass is 16.7. The molecule has 0 aromatic rings. The Morgan fingerprint density at radius 1 is 1.35 bits per heavy atom. The van der Waals surface area contributed by atoms with Crippen LogP contribution in [0.3, 0.4) is 0 Å². The molecule has 0 saturated carbocycles. The van der Waals surface area contributed by atoms with E-state index in [1.807, 2.05) is 6.92 Å². The molecule has 4 nitrogen and oxygen atoms in total. The molecule has 0 aliphatic carbocycles. The topological polar surface area (TPSA) is 58.9 Å². The van der Waals surface area contributed by atoms with Gasteiger partial charge in [-0.1, -0.05) is 26.2 Å². The molecule has 2 N–H and O–H groups in total. The Bertz CT molecular complexity index is 198. The van der Waals surface area contributed by atoms with Crippen molar-refractivity contribution in [2.75, 3.05) is 0 Å². The van der Waals surface area contributed by atoms with Crippen molar-refractivity contribution >= 4 is 0 Å². The van der Waals surface area contributed by atoms with E-state index in [1.54, 1.807) is 6.92 Å². The highest BCUT2D eigenvalue weighted by Gasteiger charge is 2.35. The fraction of sp³-hybridized carbons (Fsp3) is 1.00. The maximum Gasteiger partial charge on any atom is 0.160 e. The summed E-state index contributed by atoms with van der Waals surface area (Å²) in [6.07, 6.45) is 2.78. The average Bonchev–Trinajstić information content (AvgIpc) is 2.26. The first-order valence-electron chi connectivity index (χ1n) is 6.71. The van der Waals surface area contributed by atoms with Gasteiger partial charge >= 0.3 is 0 Å². The van der Waals surface area contributed by atoms with Crippen molar-refractivity contribution in [1.29, 1.82) is 0 Å². The van der Waals surface area contributed by atoms with Crippen molar-refractivity contribution in [1.82, 2.24) is 0 Å². The Balaban J connectivity index is 2.26. The van der Waals surface area contributed by atoms with Crippen LogP contribution in [0.4, 0.5) is 0 Å². The summed E-state index contributed by atoms with van der Waals surface area (Å²) in [5, 5.41) is 19.2. The van der Waals surface area contributed by atoms with E-state index in [9.17, 15) is 10.2 Å². The van der Waals surface area contributed by atoms with Gasteiger partial charge in [0.2, 0.25) is 0 Å². The zero-order valence-corrected chi connectivity index (χ0v) is 11.1. The summed E-state index contributed by atoms with van der Waals surface area (Å²) in [5.41, 5.74) is 0. The summed E-state index contributed by atoms with van der Waals surface area (Å²) < 4.78 is 11.2. The van der Waals surface area contributed by atoms with Crippen LogP contribution in [0.1, 0.15) is 52.9 Å². The number of hydrogen-bond acceptors (Lipinski definition) is 4. The molecule has 1 unspecified atom stereocenters. The minimum Gasteiger partial charge on any atom is -0.390 e. The highest BCUT2D eigenvalue weighted by Crippen LogP contribution is 2.22. The van der Waals surface area contributed by atoms with Gasteiger partial charge in [0.05, 0.1) is 18.3 Å². The molecule has 1 aliphatic rings. The van der Waals surface area contributed by atoms with E-state index < -0.39 is 12.2 Å². The van der Waals surface area contributed by atoms with Crippen LogP contribution in [-0.2, 0) is 9.47 Å². The second kappa shape index (κ2) is 7.31. The molecule has 0 amide bonds. The summed E-state index contributed by atoms with van der Waals surface area (Å²) in [5.74, 6) is 0. The Morgan fingerprint density at radius 2 is 2.06 bits per heavy atom. The number of aliphatic hydroxyl groups is 2. The third kappa shape index (κ3) is 4.92. The number of aliphatic hydroxyl groups excluding tert-OH is 2. The van der Waals surface area contributed by atoms with E-state index in [4.69, 9.17) is 9.47 Å². The molecule has 0 bridgehead atoms. The molecule has 4 heteroatoms. The first-order valence-corrected chi connectivity index (χ1v) is 6.71. The van der Waals surface area contributed by atoms with Crippen LogP contribution in [0.5, 0.6) is 0 Å². The molecule has 102 valence electrons. The third-order valence-corrected chi connectivity index (χ3v) is 3.27. The zero-order valence-electron chi connectivity index (χ0n) is 11.1. The van der Waals surface area contributed by atoms with Gasteiger partial charge < -0.3 is 19.7 Å². The highest BCUT2D eigenvalue weighted by molar-refractivity contribution is 4.80. The summed E-state index contributed by atoms with van der Waals surface area (Å²) in [7, 11) is 0. The molecule has 1 saturated heterocycles. The van der Waals surface area contributed by atoms with Crippen LogP contribution in [0, 0.1) is 0 Å². The summed E-state index contributed by atoms with van der Waals surface area (Å²) in [4.78, 5) is 0. The van der Waals surface area contributed by atoms with Crippen LogP contribution >= 0.6 is 0 Å². The van der Waals surface area contributed by atoms with Crippen LogP contribution in [-0.4, -0.2) is 40.9 Å². The van der Waals surface area contributed by atoms with Gasteiger partial charge in [0.1, 0.15) is 6.10 Å². The van der Waals surface area contributed by atoms with Crippen molar-refractivity contribution in [3.05, 3.63) is 0 Å². The van der Waals surface area contributed by atoms with Gasteiger partial charge in [-0.2, -0.15) is 0 Å². The first kappa shape index (κ1) is 14.9. The SMILES string of the molecule is CCCCCC(C)O[C@@H]1C[C@H](O)[C@@H](O)[C@H](C)O1. The minimum atomic E-state index is -0.801. The van der Waals surface area contributed by atoms with Gasteiger partial charge in [0.15, 0.2) is 6.29 Å². The van der Waals surface area contributed by atoms with E-state index >= 15 is 0 Å². The van der Waals surface area contributed by atoms with Crippen molar-refractivity contribution < 1.29 is 19.7 Å². The fourth-order valence-corrected chi connectivity index (χ4v) is 2.12. The summed E-state index contributed by atoms with van der Waals surface area (Å²) >= 11 is 0. The first-order chi connectivity index (χ1) is 8.04. The lowest BCUT2D eigenvalue weighted by Crippen LogP contribution is -2.48. The Labute approximate surface area is 104 Å². The van der Waals surface area contributed by atoms with Crippen LogP contribution in [0.2, 0.25) is 0 Å². The molecule has 1 rings (SSSR count). The monoisotopic (exact) mass is 246 g/mol. The Hall–Kier alpha value is -0.160. The molecule has 17 heavy (non-hydrogen) atoms. The molecule has 1 aliphatic heterocycles. The number of ether oxygens (including phenoxy) is 2. The smallest absolute Gasteiger partial charge is 0.160 e. The van der Waals surface area contributed by atoms with Gasteiger partial charge in [-0.25, -0.2) is 0 Å². The van der Waals surface area contributed by atoms with E-state index in [2.05, 4.69) is 6.92 Å². The quantitative estimate of drug-likeness (QED) is 0.702. The normalized spacial score (nSPS) is 35.8. The van der Waals surface area contributed by atoms with E-state index in [-0.39, 0.29) is 18.5 Å². The summed E-state index contributed by atoms with van der Waals surface area (Å²) in [6, 6.07) is 0. The Morgan fingerprint density at radius 3 is 2.65 bits per heavy atom. The van der Waals surface area contributed by atoms with Gasteiger partial charge in [0, 0.05) is 6.42 Å². The van der Waals surface area contributed by atoms with Crippen LogP contribution in [0.25, 0.3) is 0 Å². The number of rotatable bonds is 6. The predicted molar refractivity (Wildman–Crippen MR) is 65.7 cm³/mol. The molecule has 0 aromatic carbocycles. The average molecular weight is 246 g/mol. The third-order valence-electron chi connectivity index (χ3n) is 3.27. The van der Waals surface area contributed by atoms with E-state index in [0.717, 1.165) is 12.8 Å². The second-order valence-corrected chi connectivity index (χ2v) is 5.01. The molecule has 0 aromatic heterocycles. The molecular formula is C13H26O4. The van der Waals surface area contributed by atoms with Gasteiger partial charge in [-0.3, -0.25) is 0 Å². The molecular weight excluding hydrogens is 220 g/mol. The summed E-state index contributed by atoms with van der Waals surface area (Å²) in [6.45, 7) is 5.96. The van der Waals surface area contributed by atoms with Crippen LogP contribution < -0.4 is 0 Å². The van der Waals surface area contributed by atoms with Gasteiger partial charge in [0.25, 0.3) is 0 Å². The lowest BCUT2D eigenvalue weighted by atomic mass is 10.0. The molecule has 0 radical (unpaired) electrons. The van der Waals surface area contributed by atoms with E-state index in [0.29, 0.717) is 6.42 Å². The van der Waals surface area contributed by atoms with E-state index in [1.165, 1.54) is 12.8 Å². The van der Waals surface area contributed by atoms with Gasteiger partial charge in [-0.05, 0) is 20.3 Å². The van der Waals surface area contributed by atoms with Crippen molar-refractivity contribution in [2.24, 2.45) is 0 Å². The molecule has 0 spiro atoms. The molecule has 1 heterocycles. The number of unbranched alkanes of at least 4 members (excludes halogenated alkanes) is 2. The minimum absolute atomic E-state index is 0.140. The zero-order chi connectivity index (χ0) is 12.8. The fourth-order valence-electron chi connectivity index (χ4n) is 2.12. The van der Waals surface area contributed by atoms with Crippen LogP contribution in [0.15, 0.2) is 0 Å². The van der Waals surface area contributed by atoms with Crippen molar-refractivity contribution in [3.8, 4) is 0 Å². The van der Waals surface area contributed by atoms with Crippen molar-refractivity contribution in [3.63, 3.8) is 0 Å². The molecule has 1 fully saturated rings.